The van der Waals surface area contributed by atoms with Gasteiger partial charge in [0.05, 0.1) is 11.4 Å². The van der Waals surface area contributed by atoms with Gasteiger partial charge in [-0.25, -0.2) is 4.39 Å². The highest BCUT2D eigenvalue weighted by atomic mass is 19.1. The zero-order valence-corrected chi connectivity index (χ0v) is 11.2. The van der Waals surface area contributed by atoms with Gasteiger partial charge >= 0.3 is 0 Å². The Hall–Kier alpha value is -2.55. The Morgan fingerprint density at radius 3 is 2.50 bits per heavy atom. The zero-order chi connectivity index (χ0) is 14.1. The van der Waals surface area contributed by atoms with E-state index >= 15 is 0 Å². The molecule has 0 atom stereocenters. The number of hydrogen-bond acceptors (Lipinski definition) is 2. The van der Waals surface area contributed by atoms with E-state index in [4.69, 9.17) is 5.73 Å². The minimum atomic E-state index is -0.290. The highest BCUT2D eigenvalue weighted by Crippen LogP contribution is 2.34. The van der Waals surface area contributed by atoms with Crippen molar-refractivity contribution in [1.29, 1.82) is 0 Å². The summed E-state index contributed by atoms with van der Waals surface area (Å²) in [5.41, 5.74) is 8.19. The van der Waals surface area contributed by atoms with Crippen LogP contribution in [-0.2, 0) is 0 Å². The predicted molar refractivity (Wildman–Crippen MR) is 82.8 cm³/mol. The first-order valence-electron chi connectivity index (χ1n) is 6.43. The van der Waals surface area contributed by atoms with Gasteiger partial charge in [-0.3, -0.25) is 0 Å². The highest BCUT2D eigenvalue weighted by Gasteiger charge is 2.11. The van der Waals surface area contributed by atoms with Crippen molar-refractivity contribution in [3.05, 3.63) is 66.5 Å². The number of rotatable bonds is 2. The standard InChI is InChI=1S/C17H15FN2/c1-20(17-11-13(18)9-10-15(17)19)16-8-4-6-12-5-2-3-7-14(12)16/h2-11H,19H2,1H3. The summed E-state index contributed by atoms with van der Waals surface area (Å²) in [6.45, 7) is 0. The van der Waals surface area contributed by atoms with Crippen LogP contribution < -0.4 is 10.6 Å². The van der Waals surface area contributed by atoms with Gasteiger partial charge in [0.25, 0.3) is 0 Å². The molecule has 2 N–H and O–H groups in total. The van der Waals surface area contributed by atoms with Gasteiger partial charge in [-0.1, -0.05) is 36.4 Å². The van der Waals surface area contributed by atoms with Crippen molar-refractivity contribution in [2.24, 2.45) is 0 Å². The third-order valence-corrected chi connectivity index (χ3v) is 3.48. The second-order valence-corrected chi connectivity index (χ2v) is 4.76. The number of nitrogens with zero attached hydrogens (tertiary/aromatic N) is 1. The lowest BCUT2D eigenvalue weighted by Crippen LogP contribution is -2.12. The fourth-order valence-corrected chi connectivity index (χ4v) is 2.44. The summed E-state index contributed by atoms with van der Waals surface area (Å²) in [4.78, 5) is 1.92. The van der Waals surface area contributed by atoms with Crippen molar-refractivity contribution in [1.82, 2.24) is 0 Å². The quantitative estimate of drug-likeness (QED) is 0.699. The molecule has 0 aliphatic carbocycles. The molecule has 0 unspecified atom stereocenters. The molecule has 100 valence electrons. The summed E-state index contributed by atoms with van der Waals surface area (Å²) in [6, 6.07) is 18.6. The van der Waals surface area contributed by atoms with Gasteiger partial charge in [-0.15, -0.1) is 0 Å². The molecule has 3 aromatic rings. The Morgan fingerprint density at radius 1 is 0.900 bits per heavy atom. The molecule has 0 aromatic heterocycles. The second kappa shape index (κ2) is 4.85. The van der Waals surface area contributed by atoms with Gasteiger partial charge in [-0.2, -0.15) is 0 Å². The monoisotopic (exact) mass is 266 g/mol. The van der Waals surface area contributed by atoms with Crippen LogP contribution in [0.15, 0.2) is 60.7 Å². The van der Waals surface area contributed by atoms with Gasteiger partial charge in [0, 0.05) is 18.1 Å². The number of benzene rings is 3. The molecule has 0 bridgehead atoms. The summed E-state index contributed by atoms with van der Waals surface area (Å²) in [5.74, 6) is -0.290. The summed E-state index contributed by atoms with van der Waals surface area (Å²) in [5, 5.41) is 2.26. The molecule has 3 aromatic carbocycles. The highest BCUT2D eigenvalue weighted by molar-refractivity contribution is 5.96. The number of hydrogen-bond donors (Lipinski definition) is 1. The summed E-state index contributed by atoms with van der Waals surface area (Å²) < 4.78 is 13.5. The normalized spacial score (nSPS) is 10.7. The molecule has 0 heterocycles. The van der Waals surface area contributed by atoms with E-state index in [1.807, 2.05) is 36.2 Å². The van der Waals surface area contributed by atoms with E-state index in [9.17, 15) is 4.39 Å². The molecule has 0 fully saturated rings. The third kappa shape index (κ3) is 2.07. The van der Waals surface area contributed by atoms with Crippen LogP contribution in [0.2, 0.25) is 0 Å². The Balaban J connectivity index is 2.17. The van der Waals surface area contributed by atoms with Crippen LogP contribution in [0.1, 0.15) is 0 Å². The van der Waals surface area contributed by atoms with Crippen LogP contribution in [0.5, 0.6) is 0 Å². The summed E-state index contributed by atoms with van der Waals surface area (Å²) in [7, 11) is 1.90. The van der Waals surface area contributed by atoms with Crippen molar-refractivity contribution in [2.45, 2.75) is 0 Å². The van der Waals surface area contributed by atoms with Crippen LogP contribution in [0.4, 0.5) is 21.5 Å². The minimum Gasteiger partial charge on any atom is -0.397 e. The van der Waals surface area contributed by atoms with Gasteiger partial charge in [0.15, 0.2) is 0 Å². The van der Waals surface area contributed by atoms with Crippen molar-refractivity contribution in [3.63, 3.8) is 0 Å². The van der Waals surface area contributed by atoms with Crippen molar-refractivity contribution in [2.75, 3.05) is 17.7 Å². The molecule has 0 aliphatic heterocycles. The predicted octanol–water partition coefficient (Wildman–Crippen LogP) is 4.33. The number of halogens is 1. The first kappa shape index (κ1) is 12.5. The fraction of sp³-hybridized carbons (Fsp3) is 0.0588. The molecule has 3 rings (SSSR count). The van der Waals surface area contributed by atoms with Crippen molar-refractivity contribution in [3.8, 4) is 0 Å². The molecular formula is C17H15FN2. The third-order valence-electron chi connectivity index (χ3n) is 3.48. The smallest absolute Gasteiger partial charge is 0.125 e. The largest absolute Gasteiger partial charge is 0.397 e. The van der Waals surface area contributed by atoms with E-state index in [1.54, 1.807) is 6.07 Å². The van der Waals surface area contributed by atoms with Crippen LogP contribution >= 0.6 is 0 Å². The lowest BCUT2D eigenvalue weighted by molar-refractivity contribution is 0.628. The number of nitrogen functional groups attached to an aromatic ring is 1. The number of fused-ring (bicyclic) bond motifs is 1. The van der Waals surface area contributed by atoms with E-state index in [-0.39, 0.29) is 5.82 Å². The second-order valence-electron chi connectivity index (χ2n) is 4.76. The first-order valence-corrected chi connectivity index (χ1v) is 6.43. The molecular weight excluding hydrogens is 251 g/mol. The molecule has 0 amide bonds. The minimum absolute atomic E-state index is 0.290. The Kier molecular flexibility index (Phi) is 3.03. The molecule has 0 spiro atoms. The van der Waals surface area contributed by atoms with E-state index in [0.29, 0.717) is 11.4 Å². The lowest BCUT2D eigenvalue weighted by Gasteiger charge is -2.23. The van der Waals surface area contributed by atoms with Crippen LogP contribution in [-0.4, -0.2) is 7.05 Å². The molecule has 2 nitrogen and oxygen atoms in total. The topological polar surface area (TPSA) is 29.3 Å². The van der Waals surface area contributed by atoms with Crippen molar-refractivity contribution >= 4 is 27.8 Å². The number of anilines is 3. The molecule has 0 saturated carbocycles. The van der Waals surface area contributed by atoms with E-state index in [1.165, 1.54) is 12.1 Å². The Labute approximate surface area is 117 Å². The average molecular weight is 266 g/mol. The molecule has 3 heteroatoms. The van der Waals surface area contributed by atoms with Crippen LogP contribution in [0.3, 0.4) is 0 Å². The zero-order valence-electron chi connectivity index (χ0n) is 11.2. The van der Waals surface area contributed by atoms with E-state index in [2.05, 4.69) is 18.2 Å². The van der Waals surface area contributed by atoms with E-state index in [0.717, 1.165) is 16.5 Å². The summed E-state index contributed by atoms with van der Waals surface area (Å²) in [6.07, 6.45) is 0. The molecule has 0 saturated heterocycles. The Bertz CT molecular complexity index is 763. The SMILES string of the molecule is CN(c1cc(F)ccc1N)c1cccc2ccccc12. The maximum absolute atomic E-state index is 13.5. The first-order chi connectivity index (χ1) is 9.66. The average Bonchev–Trinajstić information content (AvgIpc) is 2.48. The Morgan fingerprint density at radius 2 is 1.65 bits per heavy atom. The van der Waals surface area contributed by atoms with Crippen LogP contribution in [0.25, 0.3) is 10.8 Å². The van der Waals surface area contributed by atoms with E-state index < -0.39 is 0 Å². The van der Waals surface area contributed by atoms with Gasteiger partial charge in [0.1, 0.15) is 5.82 Å². The molecule has 0 aliphatic rings. The summed E-state index contributed by atoms with van der Waals surface area (Å²) >= 11 is 0. The maximum Gasteiger partial charge on any atom is 0.125 e. The number of nitrogens with two attached hydrogens (primary N) is 1. The van der Waals surface area contributed by atoms with Crippen LogP contribution in [0, 0.1) is 5.82 Å². The van der Waals surface area contributed by atoms with Crippen molar-refractivity contribution < 1.29 is 4.39 Å². The molecule has 20 heavy (non-hydrogen) atoms. The maximum atomic E-state index is 13.5. The van der Waals surface area contributed by atoms with Gasteiger partial charge in [0.2, 0.25) is 0 Å². The lowest BCUT2D eigenvalue weighted by atomic mass is 10.1. The fourth-order valence-electron chi connectivity index (χ4n) is 2.44. The van der Waals surface area contributed by atoms with Gasteiger partial charge in [-0.05, 0) is 29.7 Å². The van der Waals surface area contributed by atoms with Gasteiger partial charge < -0.3 is 10.6 Å². The molecule has 0 radical (unpaired) electrons.